The van der Waals surface area contributed by atoms with E-state index in [4.69, 9.17) is 0 Å². The maximum atomic E-state index is 2.51. The topological polar surface area (TPSA) is 3.24 Å². The van der Waals surface area contributed by atoms with Crippen molar-refractivity contribution in [2.75, 3.05) is 13.1 Å². The molecule has 70 valence electrons. The summed E-state index contributed by atoms with van der Waals surface area (Å²) in [7, 11) is 0. The molecule has 12 heavy (non-hydrogen) atoms. The van der Waals surface area contributed by atoms with Gasteiger partial charge in [0, 0.05) is 13.1 Å². The summed E-state index contributed by atoms with van der Waals surface area (Å²) in [5.74, 6) is 0.747. The predicted octanol–water partition coefficient (Wildman–Crippen LogP) is 3.06. The Labute approximate surface area is 89.3 Å². The van der Waals surface area contributed by atoms with Gasteiger partial charge in [0.15, 0.2) is 0 Å². The zero-order chi connectivity index (χ0) is 9.14. The molecule has 1 unspecified atom stereocenters. The minimum atomic E-state index is 0.674. The second-order valence-electron chi connectivity index (χ2n) is 3.75. The summed E-state index contributed by atoms with van der Waals surface area (Å²) in [6.07, 6.45) is 3.67. The third-order valence-electron chi connectivity index (χ3n) is 2.52. The summed E-state index contributed by atoms with van der Waals surface area (Å²) in [5, 5.41) is 0. The summed E-state index contributed by atoms with van der Waals surface area (Å²) in [5.41, 5.74) is 1.64. The van der Waals surface area contributed by atoms with Crippen molar-refractivity contribution in [1.29, 1.82) is 0 Å². The van der Waals surface area contributed by atoms with Gasteiger partial charge in [-0.1, -0.05) is 48.1 Å². The largest absolute Gasteiger partial charge is 0.288 e. The smallest absolute Gasteiger partial charge is 0.0592 e. The summed E-state index contributed by atoms with van der Waals surface area (Å²) in [6.45, 7) is 9.23. The number of halogens is 1. The molecule has 0 saturated carbocycles. The molecule has 1 heterocycles. The van der Waals surface area contributed by atoms with Crippen molar-refractivity contribution >= 4 is 22.6 Å². The summed E-state index contributed by atoms with van der Waals surface area (Å²) < 4.78 is 0.674. The van der Waals surface area contributed by atoms with Gasteiger partial charge in [0.1, 0.15) is 0 Å². The highest BCUT2D eigenvalue weighted by Gasteiger charge is 2.15. The van der Waals surface area contributed by atoms with Crippen LogP contribution in [0.3, 0.4) is 0 Å². The molecule has 0 aromatic rings. The Morgan fingerprint density at radius 3 is 2.42 bits per heavy atom. The fourth-order valence-corrected chi connectivity index (χ4v) is 2.05. The third-order valence-corrected chi connectivity index (χ3v) is 3.31. The number of alkyl halides is 1. The van der Waals surface area contributed by atoms with Gasteiger partial charge in [0.25, 0.3) is 0 Å². The van der Waals surface area contributed by atoms with Gasteiger partial charge in [-0.15, -0.1) is 0 Å². The van der Waals surface area contributed by atoms with Gasteiger partial charge in [-0.3, -0.25) is 4.90 Å². The Kier molecular flexibility index (Phi) is 4.03. The molecule has 1 aliphatic rings. The van der Waals surface area contributed by atoms with Crippen LogP contribution in [0.1, 0.15) is 27.2 Å². The van der Waals surface area contributed by atoms with Crippen molar-refractivity contribution < 1.29 is 0 Å². The fraction of sp³-hybridized carbons (Fsp3) is 0.800. The van der Waals surface area contributed by atoms with Gasteiger partial charge in [0.05, 0.1) is 4.05 Å². The van der Waals surface area contributed by atoms with Crippen LogP contribution in [-0.2, 0) is 0 Å². The van der Waals surface area contributed by atoms with Crippen molar-refractivity contribution in [3.8, 4) is 0 Å². The lowest BCUT2D eigenvalue weighted by molar-refractivity contribution is 0.292. The van der Waals surface area contributed by atoms with Gasteiger partial charge >= 0.3 is 0 Å². The number of hydrogen-bond donors (Lipinski definition) is 0. The van der Waals surface area contributed by atoms with E-state index >= 15 is 0 Å². The van der Waals surface area contributed by atoms with Crippen LogP contribution in [0.2, 0.25) is 0 Å². The Balaban J connectivity index is 2.47. The third kappa shape index (κ3) is 2.73. The predicted molar refractivity (Wildman–Crippen MR) is 62.6 cm³/mol. The molecule has 0 spiro atoms. The summed E-state index contributed by atoms with van der Waals surface area (Å²) in [6, 6.07) is 0. The monoisotopic (exact) mass is 279 g/mol. The molecular weight excluding hydrogens is 261 g/mol. The zero-order valence-electron chi connectivity index (χ0n) is 8.18. The highest BCUT2D eigenvalue weighted by atomic mass is 127. The highest BCUT2D eigenvalue weighted by molar-refractivity contribution is 14.1. The first-order valence-corrected chi connectivity index (χ1v) is 5.93. The van der Waals surface area contributed by atoms with Gasteiger partial charge in [-0.05, 0) is 19.3 Å². The lowest BCUT2D eigenvalue weighted by atomic mass is 9.97. The minimum Gasteiger partial charge on any atom is -0.288 e. The van der Waals surface area contributed by atoms with Crippen molar-refractivity contribution in [2.45, 2.75) is 31.2 Å². The molecule has 0 bridgehead atoms. The van der Waals surface area contributed by atoms with Crippen LogP contribution in [0, 0.1) is 5.92 Å². The standard InChI is InChI=1S/C10H18IN/c1-8(2)10-4-6-12(7-5-10)9(3)11/h4,8-9H,5-7H2,1-3H3. The molecule has 0 amide bonds. The molecule has 1 aliphatic heterocycles. The average molecular weight is 279 g/mol. The molecule has 0 N–H and O–H groups in total. The molecule has 0 fully saturated rings. The van der Waals surface area contributed by atoms with Crippen LogP contribution in [0.4, 0.5) is 0 Å². The van der Waals surface area contributed by atoms with Crippen LogP contribution in [0.15, 0.2) is 11.6 Å². The molecule has 0 saturated heterocycles. The van der Waals surface area contributed by atoms with E-state index in [1.165, 1.54) is 13.0 Å². The van der Waals surface area contributed by atoms with Crippen LogP contribution in [0.5, 0.6) is 0 Å². The molecule has 2 heteroatoms. The number of hydrogen-bond acceptors (Lipinski definition) is 1. The van der Waals surface area contributed by atoms with E-state index in [9.17, 15) is 0 Å². The van der Waals surface area contributed by atoms with E-state index in [2.05, 4.69) is 54.3 Å². The Hall–Kier alpha value is 0.430. The first-order chi connectivity index (χ1) is 5.61. The van der Waals surface area contributed by atoms with Gasteiger partial charge in [-0.25, -0.2) is 0 Å². The van der Waals surface area contributed by atoms with E-state index in [1.54, 1.807) is 5.57 Å². The van der Waals surface area contributed by atoms with E-state index in [-0.39, 0.29) is 0 Å². The fourth-order valence-electron chi connectivity index (χ4n) is 1.55. The Morgan fingerprint density at radius 2 is 2.08 bits per heavy atom. The van der Waals surface area contributed by atoms with E-state index in [0.29, 0.717) is 4.05 Å². The molecule has 0 radical (unpaired) electrons. The summed E-state index contributed by atoms with van der Waals surface area (Å²) in [4.78, 5) is 2.51. The van der Waals surface area contributed by atoms with Gasteiger partial charge in [0.2, 0.25) is 0 Å². The maximum absolute atomic E-state index is 2.51. The van der Waals surface area contributed by atoms with Crippen LogP contribution in [-0.4, -0.2) is 22.0 Å². The summed E-state index contributed by atoms with van der Waals surface area (Å²) >= 11 is 2.48. The Bertz CT molecular complexity index is 173. The van der Waals surface area contributed by atoms with E-state index in [1.807, 2.05) is 0 Å². The molecule has 1 nitrogen and oxygen atoms in total. The SMILES string of the molecule is CC(C)C1=CCN(C(C)I)CC1. The van der Waals surface area contributed by atoms with Gasteiger partial charge < -0.3 is 0 Å². The second-order valence-corrected chi connectivity index (χ2v) is 5.56. The average Bonchev–Trinajstić information content (AvgIpc) is 2.04. The van der Waals surface area contributed by atoms with Gasteiger partial charge in [-0.2, -0.15) is 0 Å². The molecular formula is C10H18IN. The van der Waals surface area contributed by atoms with Crippen molar-refractivity contribution in [3.05, 3.63) is 11.6 Å². The molecule has 0 aromatic carbocycles. The molecule has 1 rings (SSSR count). The van der Waals surface area contributed by atoms with Crippen LogP contribution < -0.4 is 0 Å². The van der Waals surface area contributed by atoms with Crippen molar-refractivity contribution in [3.63, 3.8) is 0 Å². The van der Waals surface area contributed by atoms with Crippen LogP contribution >= 0.6 is 22.6 Å². The first-order valence-electron chi connectivity index (χ1n) is 4.68. The Morgan fingerprint density at radius 1 is 1.42 bits per heavy atom. The quantitative estimate of drug-likeness (QED) is 0.325. The molecule has 0 aliphatic carbocycles. The molecule has 1 atom stereocenters. The second kappa shape index (κ2) is 4.61. The van der Waals surface area contributed by atoms with Crippen molar-refractivity contribution in [1.82, 2.24) is 4.90 Å². The minimum absolute atomic E-state index is 0.674. The molecule has 0 aromatic heterocycles. The number of nitrogens with zero attached hydrogens (tertiary/aromatic N) is 1. The zero-order valence-corrected chi connectivity index (χ0v) is 10.3. The van der Waals surface area contributed by atoms with E-state index < -0.39 is 0 Å². The first kappa shape index (κ1) is 10.5. The van der Waals surface area contributed by atoms with Crippen LogP contribution in [0.25, 0.3) is 0 Å². The lowest BCUT2D eigenvalue weighted by Gasteiger charge is -2.29. The lowest BCUT2D eigenvalue weighted by Crippen LogP contribution is -2.33. The normalized spacial score (nSPS) is 22.6. The number of rotatable bonds is 2. The van der Waals surface area contributed by atoms with E-state index in [0.717, 1.165) is 12.5 Å². The van der Waals surface area contributed by atoms with Crippen molar-refractivity contribution in [2.24, 2.45) is 5.92 Å². The highest BCUT2D eigenvalue weighted by Crippen LogP contribution is 2.21. The maximum Gasteiger partial charge on any atom is 0.0592 e.